The third kappa shape index (κ3) is 1.43. The lowest BCUT2D eigenvalue weighted by atomic mass is 10.1. The summed E-state index contributed by atoms with van der Waals surface area (Å²) in [6.45, 7) is 1.92. The Morgan fingerprint density at radius 3 is 2.62 bits per heavy atom. The minimum atomic E-state index is 0.561. The second-order valence-electron chi connectivity index (χ2n) is 3.52. The fourth-order valence-electron chi connectivity index (χ4n) is 1.87. The fraction of sp³-hybridized carbons (Fsp3) is 0.250. The molecule has 0 unspecified atom stereocenters. The molecule has 84 valence electrons. The number of benzene rings is 1. The van der Waals surface area contributed by atoms with Crippen molar-refractivity contribution in [3.05, 3.63) is 24.0 Å². The Labute approximate surface area is 94.0 Å². The number of rotatable bonds is 2. The van der Waals surface area contributed by atoms with E-state index in [2.05, 4.69) is 4.98 Å². The predicted molar refractivity (Wildman–Crippen MR) is 64.0 cm³/mol. The summed E-state index contributed by atoms with van der Waals surface area (Å²) in [4.78, 5) is 4.22. The molecule has 0 bridgehead atoms. The van der Waals surface area contributed by atoms with Crippen LogP contribution in [-0.2, 0) is 0 Å². The topological polar surface area (TPSA) is 57.4 Å². The van der Waals surface area contributed by atoms with Gasteiger partial charge < -0.3 is 15.2 Å². The van der Waals surface area contributed by atoms with Crippen molar-refractivity contribution in [2.24, 2.45) is 0 Å². The van der Waals surface area contributed by atoms with Gasteiger partial charge in [-0.25, -0.2) is 0 Å². The van der Waals surface area contributed by atoms with E-state index in [0.29, 0.717) is 17.2 Å². The van der Waals surface area contributed by atoms with Crippen LogP contribution in [0.5, 0.6) is 11.5 Å². The molecule has 0 aliphatic heterocycles. The lowest BCUT2D eigenvalue weighted by molar-refractivity contribution is 0.357. The van der Waals surface area contributed by atoms with Gasteiger partial charge in [-0.2, -0.15) is 0 Å². The number of methoxy groups -OCH3 is 2. The molecule has 0 saturated carbocycles. The Kier molecular flexibility index (Phi) is 2.56. The molecule has 2 aromatic rings. The molecule has 1 aromatic carbocycles. The van der Waals surface area contributed by atoms with Crippen LogP contribution >= 0.6 is 0 Å². The molecule has 0 spiro atoms. The van der Waals surface area contributed by atoms with E-state index in [9.17, 15) is 0 Å². The first-order chi connectivity index (χ1) is 7.69. The van der Waals surface area contributed by atoms with E-state index in [4.69, 9.17) is 15.2 Å². The van der Waals surface area contributed by atoms with E-state index in [1.807, 2.05) is 19.1 Å². The number of aryl methyl sites for hydroxylation is 1. The third-order valence-electron chi connectivity index (χ3n) is 2.62. The molecule has 1 heterocycles. The molecular weight excluding hydrogens is 204 g/mol. The highest BCUT2D eigenvalue weighted by molar-refractivity contribution is 5.99. The minimum absolute atomic E-state index is 0.561. The highest BCUT2D eigenvalue weighted by Gasteiger charge is 2.13. The molecule has 2 N–H and O–H groups in total. The van der Waals surface area contributed by atoms with Crippen LogP contribution in [0.25, 0.3) is 10.8 Å². The Bertz CT molecular complexity index is 538. The van der Waals surface area contributed by atoms with Crippen molar-refractivity contribution in [2.75, 3.05) is 20.0 Å². The maximum atomic E-state index is 6.06. The molecule has 0 amide bonds. The molecule has 0 atom stereocenters. The summed E-state index contributed by atoms with van der Waals surface area (Å²) in [6.07, 6.45) is 1.75. The van der Waals surface area contributed by atoms with Gasteiger partial charge in [0.25, 0.3) is 0 Å². The highest BCUT2D eigenvalue weighted by atomic mass is 16.5. The number of aromatic nitrogens is 1. The van der Waals surface area contributed by atoms with Crippen molar-refractivity contribution in [1.82, 2.24) is 4.98 Å². The first kappa shape index (κ1) is 10.5. The van der Waals surface area contributed by atoms with Crippen LogP contribution in [0, 0.1) is 6.92 Å². The zero-order valence-corrected chi connectivity index (χ0v) is 9.57. The summed E-state index contributed by atoms with van der Waals surface area (Å²) in [6, 6.07) is 3.81. The van der Waals surface area contributed by atoms with Crippen LogP contribution in [0.3, 0.4) is 0 Å². The van der Waals surface area contributed by atoms with Gasteiger partial charge in [-0.05, 0) is 24.4 Å². The molecule has 4 heteroatoms. The number of nitrogens with two attached hydrogens (primary N) is 1. The summed E-state index contributed by atoms with van der Waals surface area (Å²) < 4.78 is 10.5. The Morgan fingerprint density at radius 1 is 1.25 bits per heavy atom. The third-order valence-corrected chi connectivity index (χ3v) is 2.62. The number of anilines is 1. The van der Waals surface area contributed by atoms with Gasteiger partial charge in [-0.1, -0.05) is 0 Å². The van der Waals surface area contributed by atoms with Crippen LogP contribution in [0.1, 0.15) is 5.69 Å². The molecule has 0 saturated heterocycles. The van der Waals surface area contributed by atoms with Crippen molar-refractivity contribution < 1.29 is 9.47 Å². The zero-order chi connectivity index (χ0) is 11.7. The SMILES string of the molecule is COc1cc2ccnc(C)c2c(N)c1OC. The van der Waals surface area contributed by atoms with E-state index in [1.54, 1.807) is 20.4 Å². The zero-order valence-electron chi connectivity index (χ0n) is 9.57. The van der Waals surface area contributed by atoms with Crippen molar-refractivity contribution >= 4 is 16.5 Å². The number of hydrogen-bond acceptors (Lipinski definition) is 4. The Balaban J connectivity index is 2.88. The number of hydrogen-bond donors (Lipinski definition) is 1. The second kappa shape index (κ2) is 3.89. The molecule has 2 rings (SSSR count). The summed E-state index contributed by atoms with van der Waals surface area (Å²) in [5, 5.41) is 1.92. The monoisotopic (exact) mass is 218 g/mol. The molecule has 0 aliphatic rings. The lowest BCUT2D eigenvalue weighted by Crippen LogP contribution is -1.99. The number of ether oxygens (including phenoxy) is 2. The first-order valence-electron chi connectivity index (χ1n) is 4.94. The van der Waals surface area contributed by atoms with Gasteiger partial charge in [0, 0.05) is 17.3 Å². The van der Waals surface area contributed by atoms with Crippen LogP contribution in [0.2, 0.25) is 0 Å². The van der Waals surface area contributed by atoms with E-state index in [0.717, 1.165) is 16.5 Å². The van der Waals surface area contributed by atoms with Crippen molar-refractivity contribution in [3.8, 4) is 11.5 Å². The number of fused-ring (bicyclic) bond motifs is 1. The van der Waals surface area contributed by atoms with Crippen LogP contribution < -0.4 is 15.2 Å². The van der Waals surface area contributed by atoms with E-state index >= 15 is 0 Å². The average Bonchev–Trinajstić information content (AvgIpc) is 2.28. The summed E-state index contributed by atoms with van der Waals surface area (Å²) >= 11 is 0. The van der Waals surface area contributed by atoms with Gasteiger partial charge >= 0.3 is 0 Å². The van der Waals surface area contributed by atoms with Crippen molar-refractivity contribution in [2.45, 2.75) is 6.92 Å². The van der Waals surface area contributed by atoms with Gasteiger partial charge in [0.15, 0.2) is 11.5 Å². The van der Waals surface area contributed by atoms with Crippen molar-refractivity contribution in [3.63, 3.8) is 0 Å². The smallest absolute Gasteiger partial charge is 0.184 e. The van der Waals surface area contributed by atoms with Gasteiger partial charge in [-0.3, -0.25) is 4.98 Å². The van der Waals surface area contributed by atoms with Gasteiger partial charge in [0.2, 0.25) is 0 Å². The Morgan fingerprint density at radius 2 is 2.00 bits per heavy atom. The summed E-state index contributed by atoms with van der Waals surface area (Å²) in [5.41, 5.74) is 7.52. The average molecular weight is 218 g/mol. The van der Waals surface area contributed by atoms with Gasteiger partial charge in [0.1, 0.15) is 0 Å². The van der Waals surface area contributed by atoms with E-state index < -0.39 is 0 Å². The van der Waals surface area contributed by atoms with Gasteiger partial charge in [0.05, 0.1) is 19.9 Å². The maximum Gasteiger partial charge on any atom is 0.184 e. The summed E-state index contributed by atoms with van der Waals surface area (Å²) in [5.74, 6) is 1.20. The van der Waals surface area contributed by atoms with Crippen LogP contribution in [-0.4, -0.2) is 19.2 Å². The summed E-state index contributed by atoms with van der Waals surface area (Å²) in [7, 11) is 3.17. The molecule has 4 nitrogen and oxygen atoms in total. The quantitative estimate of drug-likeness (QED) is 0.784. The maximum absolute atomic E-state index is 6.06. The largest absolute Gasteiger partial charge is 0.493 e. The normalized spacial score (nSPS) is 10.4. The standard InChI is InChI=1S/C12H14N2O2/c1-7-10-8(4-5-14-7)6-9(15-2)12(16-3)11(10)13/h4-6H,13H2,1-3H3. The molecule has 16 heavy (non-hydrogen) atoms. The first-order valence-corrected chi connectivity index (χ1v) is 4.94. The van der Waals surface area contributed by atoms with E-state index in [1.165, 1.54) is 0 Å². The molecule has 1 aromatic heterocycles. The van der Waals surface area contributed by atoms with E-state index in [-0.39, 0.29) is 0 Å². The Hall–Kier alpha value is -1.97. The molecular formula is C12H14N2O2. The molecule has 0 radical (unpaired) electrons. The predicted octanol–water partition coefficient (Wildman–Crippen LogP) is 2.14. The van der Waals surface area contributed by atoms with Crippen LogP contribution in [0.15, 0.2) is 18.3 Å². The fourth-order valence-corrected chi connectivity index (χ4v) is 1.87. The number of pyridine rings is 1. The molecule has 0 aliphatic carbocycles. The minimum Gasteiger partial charge on any atom is -0.493 e. The lowest BCUT2D eigenvalue weighted by Gasteiger charge is -2.13. The molecule has 0 fully saturated rings. The number of nitrogen functional groups attached to an aromatic ring is 1. The second-order valence-corrected chi connectivity index (χ2v) is 3.52. The van der Waals surface area contributed by atoms with Crippen molar-refractivity contribution in [1.29, 1.82) is 0 Å². The van der Waals surface area contributed by atoms with Crippen LogP contribution in [0.4, 0.5) is 5.69 Å². The number of nitrogens with zero attached hydrogens (tertiary/aromatic N) is 1. The highest BCUT2D eigenvalue weighted by Crippen LogP contribution is 2.40. The van der Waals surface area contributed by atoms with Gasteiger partial charge in [-0.15, -0.1) is 0 Å².